The summed E-state index contributed by atoms with van der Waals surface area (Å²) in [5.74, 6) is -3.13. The summed E-state index contributed by atoms with van der Waals surface area (Å²) in [5, 5.41) is 21.7. The van der Waals surface area contributed by atoms with Gasteiger partial charge < -0.3 is 25.0 Å². The molecule has 0 amide bonds. The molecule has 1 fully saturated rings. The van der Waals surface area contributed by atoms with Crippen LogP contribution in [-0.2, 0) is 37.7 Å². The molecule has 7 nitrogen and oxygen atoms in total. The second-order valence-corrected chi connectivity index (χ2v) is 7.51. The van der Waals surface area contributed by atoms with E-state index in [0.29, 0.717) is 18.2 Å². The van der Waals surface area contributed by atoms with Gasteiger partial charge in [-0.25, -0.2) is 9.59 Å². The lowest BCUT2D eigenvalue weighted by Gasteiger charge is -2.36. The van der Waals surface area contributed by atoms with Crippen LogP contribution in [0, 0.1) is 0 Å². The molecule has 1 heterocycles. The van der Waals surface area contributed by atoms with E-state index >= 15 is 0 Å². The molecular formula is C23H27NO6. The monoisotopic (exact) mass is 413 g/mol. The summed E-state index contributed by atoms with van der Waals surface area (Å²) in [6.45, 7) is 3.58. The quantitative estimate of drug-likeness (QED) is 0.662. The normalized spacial score (nSPS) is 19.9. The van der Waals surface area contributed by atoms with Crippen LogP contribution >= 0.6 is 0 Å². The number of rotatable bonds is 4. The van der Waals surface area contributed by atoms with Gasteiger partial charge in [-0.3, -0.25) is 0 Å². The third-order valence-electron chi connectivity index (χ3n) is 5.46. The summed E-state index contributed by atoms with van der Waals surface area (Å²) in [7, 11) is 2.05. The molecule has 2 aromatic rings. The Bertz CT molecular complexity index is 933. The lowest BCUT2D eigenvalue weighted by Crippen LogP contribution is -2.36. The Labute approximate surface area is 175 Å². The minimum Gasteiger partial charge on any atom is -0.478 e. The molecule has 2 aromatic carbocycles. The van der Waals surface area contributed by atoms with Crippen LogP contribution in [0.5, 0.6) is 0 Å². The number of carboxylic acid groups (broad SMARTS) is 2. The number of benzene rings is 2. The summed E-state index contributed by atoms with van der Waals surface area (Å²) in [6, 6.07) is 11.6. The first-order valence-corrected chi connectivity index (χ1v) is 9.97. The van der Waals surface area contributed by atoms with Crippen molar-refractivity contribution in [1.29, 1.82) is 0 Å². The number of aliphatic carboxylic acids is 2. The summed E-state index contributed by atoms with van der Waals surface area (Å²) >= 11 is 0. The van der Waals surface area contributed by atoms with E-state index < -0.39 is 17.7 Å². The predicted molar refractivity (Wildman–Crippen MR) is 112 cm³/mol. The average molecular weight is 413 g/mol. The first kappa shape index (κ1) is 22.0. The van der Waals surface area contributed by atoms with Crippen LogP contribution in [0.4, 0.5) is 0 Å². The maximum absolute atomic E-state index is 9.55. The number of ether oxygens (including phenoxy) is 2. The Hall–Kier alpha value is -2.74. The Kier molecular flexibility index (Phi) is 6.87. The van der Waals surface area contributed by atoms with Gasteiger partial charge in [-0.2, -0.15) is 0 Å². The molecule has 3 N–H and O–H groups in total. The van der Waals surface area contributed by atoms with Crippen LogP contribution in [-0.4, -0.2) is 48.5 Å². The van der Waals surface area contributed by atoms with Crippen molar-refractivity contribution in [3.8, 4) is 0 Å². The van der Waals surface area contributed by atoms with Gasteiger partial charge in [0.1, 0.15) is 0 Å². The summed E-state index contributed by atoms with van der Waals surface area (Å²) in [4.78, 5) is 19.1. The number of likely N-dealkylation sites (N-methyl/N-ethyl adjacent to an activating group) is 1. The van der Waals surface area contributed by atoms with E-state index in [1.165, 1.54) is 21.9 Å². The topological polar surface area (TPSA) is 105 Å². The lowest BCUT2D eigenvalue weighted by molar-refractivity contribution is -0.264. The van der Waals surface area contributed by atoms with Crippen molar-refractivity contribution in [3.63, 3.8) is 0 Å². The van der Waals surface area contributed by atoms with Crippen LogP contribution in [0.1, 0.15) is 30.0 Å². The first-order valence-electron chi connectivity index (χ1n) is 9.97. The minimum atomic E-state index is -1.26. The molecule has 0 radical (unpaired) electrons. The summed E-state index contributed by atoms with van der Waals surface area (Å²) < 4.78 is 12.0. The van der Waals surface area contributed by atoms with Crippen molar-refractivity contribution in [2.75, 3.05) is 20.3 Å². The highest BCUT2D eigenvalue weighted by Gasteiger charge is 2.34. The van der Waals surface area contributed by atoms with Gasteiger partial charge in [-0.1, -0.05) is 30.3 Å². The Morgan fingerprint density at radius 3 is 2.20 bits per heavy atom. The summed E-state index contributed by atoms with van der Waals surface area (Å²) in [5.41, 5.74) is 4.02. The highest BCUT2D eigenvalue weighted by molar-refractivity contribution is 5.93. The standard InChI is InChI=1S/C19H23NO2.C4H4O4/c1-19(21-9-4-10-22-19)17-8-7-14-12-15(20-2)11-13-5-3-6-16(17)18(13)14;5-3(6)1-2-4(7)8/h3,5-8,15,20H,4,9-12H2,1-2H3;1-2H,(H,5,6)(H,7,8)/b;2-1-. The van der Waals surface area contributed by atoms with Crippen LogP contribution in [0.2, 0.25) is 0 Å². The number of nitrogens with one attached hydrogen (secondary N) is 1. The third-order valence-corrected chi connectivity index (χ3v) is 5.46. The van der Waals surface area contributed by atoms with Gasteiger partial charge >= 0.3 is 11.9 Å². The van der Waals surface area contributed by atoms with Gasteiger partial charge in [0.15, 0.2) is 5.79 Å². The van der Waals surface area contributed by atoms with Crippen LogP contribution in [0.25, 0.3) is 10.8 Å². The van der Waals surface area contributed by atoms with Crippen molar-refractivity contribution < 1.29 is 29.3 Å². The minimum absolute atomic E-state index is 0.529. The van der Waals surface area contributed by atoms with Gasteiger partial charge in [0.25, 0.3) is 0 Å². The third kappa shape index (κ3) is 4.87. The second-order valence-electron chi connectivity index (χ2n) is 7.51. The molecule has 1 unspecified atom stereocenters. The zero-order valence-corrected chi connectivity index (χ0v) is 17.2. The van der Waals surface area contributed by atoms with Crippen LogP contribution < -0.4 is 5.32 Å². The average Bonchev–Trinajstić information content (AvgIpc) is 2.73. The zero-order valence-electron chi connectivity index (χ0n) is 17.2. The molecule has 0 saturated carbocycles. The van der Waals surface area contributed by atoms with Gasteiger partial charge in [0, 0.05) is 23.8 Å². The first-order chi connectivity index (χ1) is 14.3. The molecule has 7 heteroatoms. The fraction of sp³-hybridized carbons (Fsp3) is 0.391. The molecule has 160 valence electrons. The molecule has 1 aliphatic carbocycles. The largest absolute Gasteiger partial charge is 0.478 e. The van der Waals surface area contributed by atoms with Crippen molar-refractivity contribution >= 4 is 22.7 Å². The highest BCUT2D eigenvalue weighted by Crippen LogP contribution is 2.39. The van der Waals surface area contributed by atoms with Crippen molar-refractivity contribution in [2.24, 2.45) is 0 Å². The van der Waals surface area contributed by atoms with Crippen molar-refractivity contribution in [2.45, 2.75) is 38.0 Å². The molecule has 2 aliphatic rings. The van der Waals surface area contributed by atoms with Crippen LogP contribution in [0.15, 0.2) is 42.5 Å². The number of hydrogen-bond acceptors (Lipinski definition) is 5. The van der Waals surface area contributed by atoms with Crippen molar-refractivity contribution in [1.82, 2.24) is 5.32 Å². The Balaban J connectivity index is 0.000000275. The van der Waals surface area contributed by atoms with E-state index in [1.807, 2.05) is 0 Å². The number of carboxylic acids is 2. The maximum atomic E-state index is 9.55. The highest BCUT2D eigenvalue weighted by atomic mass is 16.7. The Morgan fingerprint density at radius 1 is 1.03 bits per heavy atom. The molecule has 1 aliphatic heterocycles. The van der Waals surface area contributed by atoms with E-state index in [4.69, 9.17) is 19.7 Å². The molecule has 0 bridgehead atoms. The molecule has 4 rings (SSSR count). The predicted octanol–water partition coefficient (Wildman–Crippen LogP) is 2.85. The smallest absolute Gasteiger partial charge is 0.328 e. The van der Waals surface area contributed by atoms with Gasteiger partial charge in [0.05, 0.1) is 13.2 Å². The number of carbonyl (C=O) groups is 2. The Morgan fingerprint density at radius 2 is 1.63 bits per heavy atom. The molecule has 30 heavy (non-hydrogen) atoms. The lowest BCUT2D eigenvalue weighted by atomic mass is 9.83. The van der Waals surface area contributed by atoms with Gasteiger partial charge in [-0.05, 0) is 55.1 Å². The van der Waals surface area contributed by atoms with E-state index in [9.17, 15) is 9.59 Å². The van der Waals surface area contributed by atoms with Gasteiger partial charge in [-0.15, -0.1) is 0 Å². The van der Waals surface area contributed by atoms with E-state index in [-0.39, 0.29) is 0 Å². The fourth-order valence-electron chi connectivity index (χ4n) is 4.04. The summed E-state index contributed by atoms with van der Waals surface area (Å²) in [6.07, 6.45) is 4.26. The molecule has 0 aromatic heterocycles. The van der Waals surface area contributed by atoms with Gasteiger partial charge in [0.2, 0.25) is 0 Å². The molecular weight excluding hydrogens is 386 g/mol. The molecule has 0 spiro atoms. The fourth-order valence-corrected chi connectivity index (χ4v) is 4.04. The SMILES string of the molecule is CNC1Cc2cccc3c(C4(C)OCCCO4)ccc(c23)C1.O=C(O)/C=C\C(=O)O. The van der Waals surface area contributed by atoms with E-state index in [0.717, 1.165) is 38.0 Å². The maximum Gasteiger partial charge on any atom is 0.328 e. The molecule has 1 saturated heterocycles. The number of hydrogen-bond donors (Lipinski definition) is 3. The van der Waals surface area contributed by atoms with Crippen molar-refractivity contribution in [3.05, 3.63) is 59.2 Å². The molecule has 1 atom stereocenters. The second kappa shape index (κ2) is 9.38. The zero-order chi connectivity index (χ0) is 21.7. The van der Waals surface area contributed by atoms with E-state index in [2.05, 4.69) is 49.6 Å². The van der Waals surface area contributed by atoms with Crippen LogP contribution in [0.3, 0.4) is 0 Å². The van der Waals surface area contributed by atoms with E-state index in [1.54, 1.807) is 0 Å².